The first-order chi connectivity index (χ1) is 9.88. The van der Waals surface area contributed by atoms with Gasteiger partial charge in [0.05, 0.1) is 18.1 Å². The number of hydrogen-bond donors (Lipinski definition) is 0. The molecule has 0 bridgehead atoms. The van der Waals surface area contributed by atoms with E-state index in [1.807, 2.05) is 22.7 Å². The van der Waals surface area contributed by atoms with Gasteiger partial charge in [-0.15, -0.1) is 11.3 Å². The van der Waals surface area contributed by atoms with E-state index in [1.54, 1.807) is 0 Å². The maximum absolute atomic E-state index is 5.90. The topological polar surface area (TPSA) is 18.5 Å². The fourth-order valence-corrected chi connectivity index (χ4v) is 8.51. The lowest BCUT2D eigenvalue weighted by Crippen LogP contribution is -2.50. The van der Waals surface area contributed by atoms with Crippen LogP contribution in [0.5, 0.6) is 0 Å². The lowest BCUT2D eigenvalue weighted by Gasteiger charge is -2.34. The molecule has 0 amide bonds. The van der Waals surface area contributed by atoms with Crippen molar-refractivity contribution < 1.29 is 9.47 Å². The Labute approximate surface area is 135 Å². The predicted octanol–water partition coefficient (Wildman–Crippen LogP) is 3.70. The first-order valence-corrected chi connectivity index (χ1v) is 12.0. The molecule has 1 aliphatic rings. The fraction of sp³-hybridized carbons (Fsp3) is 0.500. The molecule has 1 aliphatic heterocycles. The van der Waals surface area contributed by atoms with Gasteiger partial charge in [0.2, 0.25) is 0 Å². The van der Waals surface area contributed by atoms with Crippen LogP contribution in [0.1, 0.15) is 25.0 Å². The molecule has 0 aliphatic carbocycles. The Morgan fingerprint density at radius 1 is 1.10 bits per heavy atom. The zero-order valence-corrected chi connectivity index (χ0v) is 15.6. The Balaban J connectivity index is 1.78. The van der Waals surface area contributed by atoms with Gasteiger partial charge in [-0.25, -0.2) is 0 Å². The summed E-state index contributed by atoms with van der Waals surface area (Å²) in [6.45, 7) is 10.7. The van der Waals surface area contributed by atoms with E-state index in [0.29, 0.717) is 0 Å². The summed E-state index contributed by atoms with van der Waals surface area (Å²) < 4.78 is 14.8. The molecule has 0 saturated carbocycles. The molecule has 1 fully saturated rings. The van der Waals surface area contributed by atoms with Crippen LogP contribution in [0.2, 0.25) is 13.1 Å². The van der Waals surface area contributed by atoms with E-state index in [4.69, 9.17) is 9.47 Å². The van der Waals surface area contributed by atoms with Gasteiger partial charge >= 0.3 is 0 Å². The van der Waals surface area contributed by atoms with Crippen LogP contribution in [0.3, 0.4) is 0 Å². The van der Waals surface area contributed by atoms with Crippen molar-refractivity contribution >= 4 is 39.7 Å². The predicted molar refractivity (Wildman–Crippen MR) is 93.8 cm³/mol. The van der Waals surface area contributed by atoms with E-state index in [1.165, 1.54) is 13.9 Å². The Hall–Kier alpha value is -0.463. The van der Waals surface area contributed by atoms with Crippen LogP contribution < -0.4 is 9.00 Å². The lowest BCUT2D eigenvalue weighted by atomic mass is 9.96. The summed E-state index contributed by atoms with van der Waals surface area (Å²) in [7, 11) is -1.55. The van der Waals surface area contributed by atoms with Gasteiger partial charge in [-0.2, -0.15) is 11.3 Å². The Kier molecular flexibility index (Phi) is 4.14. The van der Waals surface area contributed by atoms with Gasteiger partial charge in [-0.3, -0.25) is 0 Å². The van der Waals surface area contributed by atoms with Gasteiger partial charge in [-0.05, 0) is 20.4 Å². The van der Waals surface area contributed by atoms with Crippen molar-refractivity contribution in [3.05, 3.63) is 34.5 Å². The monoisotopic (exact) mass is 338 g/mol. The quantitative estimate of drug-likeness (QED) is 0.795. The van der Waals surface area contributed by atoms with E-state index in [0.717, 1.165) is 13.2 Å². The summed E-state index contributed by atoms with van der Waals surface area (Å²) in [5.74, 6) is 0. The van der Waals surface area contributed by atoms with Crippen LogP contribution in [0.25, 0.3) is 0 Å². The average molecular weight is 339 g/mol. The highest BCUT2D eigenvalue weighted by atomic mass is 32.1. The minimum Gasteiger partial charge on any atom is -0.347 e. The van der Waals surface area contributed by atoms with Gasteiger partial charge in [0, 0.05) is 5.41 Å². The lowest BCUT2D eigenvalue weighted by molar-refractivity contribution is -0.224. The summed E-state index contributed by atoms with van der Waals surface area (Å²) in [6.07, 6.45) is -0.176. The summed E-state index contributed by atoms with van der Waals surface area (Å²) in [6, 6.07) is 8.88. The average Bonchev–Trinajstić information content (AvgIpc) is 3.11. The largest absolute Gasteiger partial charge is 0.347 e. The van der Waals surface area contributed by atoms with Crippen LogP contribution >= 0.6 is 22.7 Å². The van der Waals surface area contributed by atoms with Crippen molar-refractivity contribution in [1.29, 1.82) is 0 Å². The zero-order valence-electron chi connectivity index (χ0n) is 13.0. The van der Waals surface area contributed by atoms with Crippen LogP contribution in [0.4, 0.5) is 0 Å². The van der Waals surface area contributed by atoms with Crippen molar-refractivity contribution in [3.63, 3.8) is 0 Å². The minimum atomic E-state index is -1.55. The van der Waals surface area contributed by atoms with Crippen molar-refractivity contribution in [2.24, 2.45) is 5.41 Å². The molecule has 2 aromatic heterocycles. The molecule has 114 valence electrons. The molecule has 3 heterocycles. The molecule has 2 nitrogen and oxygen atoms in total. The highest BCUT2D eigenvalue weighted by Gasteiger charge is 2.33. The molecule has 0 spiro atoms. The fourth-order valence-electron chi connectivity index (χ4n) is 2.43. The van der Waals surface area contributed by atoms with E-state index in [2.05, 4.69) is 56.6 Å². The number of thiophene rings is 2. The molecule has 21 heavy (non-hydrogen) atoms. The van der Waals surface area contributed by atoms with Crippen molar-refractivity contribution in [1.82, 2.24) is 0 Å². The van der Waals surface area contributed by atoms with Crippen LogP contribution in [0.15, 0.2) is 29.6 Å². The van der Waals surface area contributed by atoms with Gasteiger partial charge in [0.15, 0.2) is 6.29 Å². The maximum Gasteiger partial charge on any atom is 0.193 e. The first-order valence-electron chi connectivity index (χ1n) is 7.26. The van der Waals surface area contributed by atoms with E-state index in [9.17, 15) is 0 Å². The van der Waals surface area contributed by atoms with Crippen LogP contribution in [0, 0.1) is 5.41 Å². The molecule has 1 saturated heterocycles. The highest BCUT2D eigenvalue weighted by Crippen LogP contribution is 2.33. The second-order valence-corrected chi connectivity index (χ2v) is 14.0. The number of ether oxygens (including phenoxy) is 2. The third-order valence-corrected chi connectivity index (χ3v) is 12.0. The van der Waals surface area contributed by atoms with Crippen LogP contribution in [-0.4, -0.2) is 21.3 Å². The molecule has 2 aromatic rings. The molecule has 0 aromatic carbocycles. The summed E-state index contributed by atoms with van der Waals surface area (Å²) in [5, 5.41) is 2.17. The van der Waals surface area contributed by atoms with Crippen molar-refractivity contribution in [2.45, 2.75) is 33.2 Å². The first kappa shape index (κ1) is 15.4. The molecule has 0 radical (unpaired) electrons. The highest BCUT2D eigenvalue weighted by molar-refractivity contribution is 7.36. The van der Waals surface area contributed by atoms with E-state index >= 15 is 0 Å². The standard InChI is InChI=1S/C16H22O2S2Si/c1-16(2)10-17-15(18-11-16)12-7-8-14(20-12)21(3,4)13-6-5-9-19-13/h5-9,15H,10-11H2,1-4H3. The van der Waals surface area contributed by atoms with Gasteiger partial charge in [0.25, 0.3) is 0 Å². The van der Waals surface area contributed by atoms with Gasteiger partial charge < -0.3 is 9.47 Å². The molecule has 0 N–H and O–H groups in total. The molecular formula is C16H22O2S2Si. The number of rotatable bonds is 3. The smallest absolute Gasteiger partial charge is 0.193 e. The Morgan fingerprint density at radius 2 is 1.81 bits per heavy atom. The van der Waals surface area contributed by atoms with E-state index < -0.39 is 8.07 Å². The minimum absolute atomic E-state index is 0.127. The summed E-state index contributed by atoms with van der Waals surface area (Å²) in [4.78, 5) is 1.21. The molecule has 0 atom stereocenters. The molecule has 0 unspecified atom stereocenters. The molecule has 3 rings (SSSR count). The zero-order chi connectivity index (χ0) is 15.1. The normalized spacial score (nSPS) is 19.8. The van der Waals surface area contributed by atoms with Gasteiger partial charge in [0.1, 0.15) is 8.07 Å². The third kappa shape index (κ3) is 3.17. The maximum atomic E-state index is 5.90. The SMILES string of the molecule is CC1(C)COC(c2ccc([Si](C)(C)c3cccs3)s2)OC1. The van der Waals surface area contributed by atoms with Crippen molar-refractivity contribution in [2.75, 3.05) is 13.2 Å². The van der Waals surface area contributed by atoms with Crippen LogP contribution in [-0.2, 0) is 9.47 Å². The Bertz CT molecular complexity index is 592. The Morgan fingerprint density at radius 3 is 2.43 bits per heavy atom. The summed E-state index contributed by atoms with van der Waals surface area (Å²) in [5.41, 5.74) is 0.127. The number of hydrogen-bond acceptors (Lipinski definition) is 4. The summed E-state index contributed by atoms with van der Waals surface area (Å²) >= 11 is 3.74. The molecular weight excluding hydrogens is 316 g/mol. The van der Waals surface area contributed by atoms with E-state index in [-0.39, 0.29) is 11.7 Å². The second-order valence-electron chi connectivity index (χ2n) is 6.92. The van der Waals surface area contributed by atoms with Gasteiger partial charge in [-0.1, -0.05) is 45.1 Å². The molecule has 5 heteroatoms. The second kappa shape index (κ2) is 5.63. The van der Waals surface area contributed by atoms with Crippen molar-refractivity contribution in [3.8, 4) is 0 Å². The third-order valence-electron chi connectivity index (χ3n) is 3.86.